The monoisotopic (exact) mass is 301 g/mol. The standard InChI is InChI=1S/C18H27N3O/c1-2-19-18(20-11-14-7-9-17(22)10-8-14)21-12-15-5-3-4-6-16(15)13-21/h7-10,15-16,22H,2-6,11-13H2,1H3,(H,19,20). The molecule has 2 unspecified atom stereocenters. The highest BCUT2D eigenvalue weighted by Crippen LogP contribution is 2.35. The normalized spacial score (nSPS) is 25.1. The van der Waals surface area contributed by atoms with Gasteiger partial charge in [0.05, 0.1) is 6.54 Å². The first-order valence-electron chi connectivity index (χ1n) is 8.57. The number of aliphatic imine (C=N–C) groups is 1. The molecule has 2 N–H and O–H groups in total. The number of fused-ring (bicyclic) bond motifs is 1. The number of phenolic OH excluding ortho intramolecular Hbond substituents is 1. The molecule has 2 atom stereocenters. The van der Waals surface area contributed by atoms with Crippen LogP contribution in [0.1, 0.15) is 38.2 Å². The lowest BCUT2D eigenvalue weighted by molar-refractivity contribution is 0.299. The third-order valence-corrected chi connectivity index (χ3v) is 4.96. The summed E-state index contributed by atoms with van der Waals surface area (Å²) in [5.74, 6) is 3.09. The minimum atomic E-state index is 0.309. The fourth-order valence-corrected chi connectivity index (χ4v) is 3.77. The minimum Gasteiger partial charge on any atom is -0.508 e. The lowest BCUT2D eigenvalue weighted by Gasteiger charge is -2.22. The first-order valence-corrected chi connectivity index (χ1v) is 8.57. The lowest BCUT2D eigenvalue weighted by atomic mass is 9.82. The maximum absolute atomic E-state index is 9.35. The summed E-state index contributed by atoms with van der Waals surface area (Å²) in [7, 11) is 0. The maximum Gasteiger partial charge on any atom is 0.194 e. The van der Waals surface area contributed by atoms with Gasteiger partial charge in [-0.25, -0.2) is 4.99 Å². The number of aromatic hydroxyl groups is 1. The summed E-state index contributed by atoms with van der Waals surface area (Å²) in [6.45, 7) is 6.01. The van der Waals surface area contributed by atoms with Crippen LogP contribution in [0.15, 0.2) is 29.3 Å². The van der Waals surface area contributed by atoms with Gasteiger partial charge in [-0.15, -0.1) is 0 Å². The molecule has 0 bridgehead atoms. The van der Waals surface area contributed by atoms with Gasteiger partial charge in [0.1, 0.15) is 5.75 Å². The Morgan fingerprint density at radius 3 is 2.41 bits per heavy atom. The van der Waals surface area contributed by atoms with Crippen LogP contribution in [0.2, 0.25) is 0 Å². The first kappa shape index (κ1) is 15.2. The van der Waals surface area contributed by atoms with Gasteiger partial charge in [-0.1, -0.05) is 25.0 Å². The second kappa shape index (κ2) is 7.03. The van der Waals surface area contributed by atoms with Gasteiger partial charge in [-0.05, 0) is 49.3 Å². The molecule has 2 aliphatic rings. The molecule has 0 spiro atoms. The van der Waals surface area contributed by atoms with Crippen molar-refractivity contribution >= 4 is 5.96 Å². The van der Waals surface area contributed by atoms with E-state index in [1.807, 2.05) is 12.1 Å². The van der Waals surface area contributed by atoms with E-state index in [1.165, 1.54) is 25.7 Å². The quantitative estimate of drug-likeness (QED) is 0.666. The van der Waals surface area contributed by atoms with Crippen molar-refractivity contribution in [3.63, 3.8) is 0 Å². The predicted molar refractivity (Wildman–Crippen MR) is 89.9 cm³/mol. The highest BCUT2D eigenvalue weighted by molar-refractivity contribution is 5.80. The molecule has 0 radical (unpaired) electrons. The zero-order chi connectivity index (χ0) is 15.4. The zero-order valence-corrected chi connectivity index (χ0v) is 13.5. The summed E-state index contributed by atoms with van der Waals surface area (Å²) in [6.07, 6.45) is 5.57. The van der Waals surface area contributed by atoms with E-state index >= 15 is 0 Å². The summed E-state index contributed by atoms with van der Waals surface area (Å²) in [4.78, 5) is 7.25. The molecule has 0 amide bonds. The van der Waals surface area contributed by atoms with Gasteiger partial charge < -0.3 is 15.3 Å². The topological polar surface area (TPSA) is 47.9 Å². The number of guanidine groups is 1. The molecule has 1 aliphatic carbocycles. The van der Waals surface area contributed by atoms with Gasteiger partial charge in [0.2, 0.25) is 0 Å². The van der Waals surface area contributed by atoms with Crippen LogP contribution >= 0.6 is 0 Å². The molecule has 22 heavy (non-hydrogen) atoms. The number of phenols is 1. The van der Waals surface area contributed by atoms with Crippen molar-refractivity contribution in [1.29, 1.82) is 0 Å². The molecule has 1 heterocycles. The van der Waals surface area contributed by atoms with Crippen molar-refractivity contribution in [3.8, 4) is 5.75 Å². The Hall–Kier alpha value is -1.71. The Labute approximate surface area is 133 Å². The van der Waals surface area contributed by atoms with Crippen LogP contribution < -0.4 is 5.32 Å². The lowest BCUT2D eigenvalue weighted by Crippen LogP contribution is -2.40. The summed E-state index contributed by atoms with van der Waals surface area (Å²) in [6, 6.07) is 7.32. The number of benzene rings is 1. The van der Waals surface area contributed by atoms with Gasteiger partial charge in [0, 0.05) is 19.6 Å². The maximum atomic E-state index is 9.35. The molecular weight excluding hydrogens is 274 g/mol. The molecule has 1 saturated carbocycles. The molecule has 1 aromatic rings. The van der Waals surface area contributed by atoms with E-state index in [2.05, 4.69) is 17.1 Å². The van der Waals surface area contributed by atoms with Crippen molar-refractivity contribution in [3.05, 3.63) is 29.8 Å². The SMILES string of the molecule is CCNC(=NCc1ccc(O)cc1)N1CC2CCCCC2C1. The van der Waals surface area contributed by atoms with E-state index in [0.29, 0.717) is 12.3 Å². The van der Waals surface area contributed by atoms with Crippen LogP contribution in [0.5, 0.6) is 5.75 Å². The Morgan fingerprint density at radius 1 is 1.18 bits per heavy atom. The summed E-state index contributed by atoms with van der Waals surface area (Å²) in [5, 5.41) is 12.8. The molecule has 3 rings (SSSR count). The molecule has 2 fully saturated rings. The van der Waals surface area contributed by atoms with E-state index in [9.17, 15) is 5.11 Å². The highest BCUT2D eigenvalue weighted by Gasteiger charge is 2.35. The Bertz CT molecular complexity index is 498. The smallest absolute Gasteiger partial charge is 0.194 e. The Balaban J connectivity index is 1.66. The van der Waals surface area contributed by atoms with E-state index in [0.717, 1.165) is 43.0 Å². The van der Waals surface area contributed by atoms with Crippen molar-refractivity contribution in [2.75, 3.05) is 19.6 Å². The van der Waals surface area contributed by atoms with Gasteiger partial charge in [-0.3, -0.25) is 0 Å². The molecular formula is C18H27N3O. The minimum absolute atomic E-state index is 0.309. The fourth-order valence-electron chi connectivity index (χ4n) is 3.77. The van der Waals surface area contributed by atoms with E-state index in [-0.39, 0.29) is 0 Å². The number of hydrogen-bond donors (Lipinski definition) is 2. The second-order valence-electron chi connectivity index (χ2n) is 6.55. The zero-order valence-electron chi connectivity index (χ0n) is 13.5. The van der Waals surface area contributed by atoms with E-state index in [4.69, 9.17) is 4.99 Å². The van der Waals surface area contributed by atoms with Crippen LogP contribution in [-0.2, 0) is 6.54 Å². The fraction of sp³-hybridized carbons (Fsp3) is 0.611. The van der Waals surface area contributed by atoms with Crippen molar-refractivity contribution in [1.82, 2.24) is 10.2 Å². The number of likely N-dealkylation sites (tertiary alicyclic amines) is 1. The molecule has 1 aromatic carbocycles. The Morgan fingerprint density at radius 2 is 1.82 bits per heavy atom. The van der Waals surface area contributed by atoms with Crippen molar-refractivity contribution in [2.45, 2.75) is 39.2 Å². The number of hydrogen-bond acceptors (Lipinski definition) is 2. The van der Waals surface area contributed by atoms with E-state index in [1.54, 1.807) is 12.1 Å². The first-order chi connectivity index (χ1) is 10.8. The third-order valence-electron chi connectivity index (χ3n) is 4.96. The van der Waals surface area contributed by atoms with Crippen LogP contribution in [0.3, 0.4) is 0 Å². The van der Waals surface area contributed by atoms with Gasteiger partial charge in [0.25, 0.3) is 0 Å². The number of rotatable bonds is 3. The average Bonchev–Trinajstić information content (AvgIpc) is 2.97. The highest BCUT2D eigenvalue weighted by atomic mass is 16.3. The van der Waals surface area contributed by atoms with Gasteiger partial charge in [0.15, 0.2) is 5.96 Å². The second-order valence-corrected chi connectivity index (χ2v) is 6.55. The largest absolute Gasteiger partial charge is 0.508 e. The van der Waals surface area contributed by atoms with E-state index < -0.39 is 0 Å². The van der Waals surface area contributed by atoms with Gasteiger partial charge >= 0.3 is 0 Å². The van der Waals surface area contributed by atoms with Crippen LogP contribution in [-0.4, -0.2) is 35.6 Å². The third kappa shape index (κ3) is 3.54. The van der Waals surface area contributed by atoms with Crippen LogP contribution in [0.25, 0.3) is 0 Å². The number of nitrogens with one attached hydrogen (secondary N) is 1. The molecule has 4 nitrogen and oxygen atoms in total. The summed E-state index contributed by atoms with van der Waals surface area (Å²) < 4.78 is 0. The molecule has 1 saturated heterocycles. The molecule has 120 valence electrons. The van der Waals surface area contributed by atoms with Crippen molar-refractivity contribution in [2.24, 2.45) is 16.8 Å². The average molecular weight is 301 g/mol. The van der Waals surface area contributed by atoms with Crippen molar-refractivity contribution < 1.29 is 5.11 Å². The molecule has 0 aromatic heterocycles. The summed E-state index contributed by atoms with van der Waals surface area (Å²) >= 11 is 0. The molecule has 1 aliphatic heterocycles. The van der Waals surface area contributed by atoms with Gasteiger partial charge in [-0.2, -0.15) is 0 Å². The Kier molecular flexibility index (Phi) is 4.86. The number of nitrogens with zero attached hydrogens (tertiary/aromatic N) is 2. The van der Waals surface area contributed by atoms with Crippen LogP contribution in [0.4, 0.5) is 0 Å². The van der Waals surface area contributed by atoms with Crippen LogP contribution in [0, 0.1) is 11.8 Å². The predicted octanol–water partition coefficient (Wildman–Crippen LogP) is 2.98. The molecule has 4 heteroatoms. The summed E-state index contributed by atoms with van der Waals surface area (Å²) in [5.41, 5.74) is 1.13.